The van der Waals surface area contributed by atoms with Crippen LogP contribution in [0.1, 0.15) is 36.5 Å². The highest BCUT2D eigenvalue weighted by Gasteiger charge is 2.10. The van der Waals surface area contributed by atoms with E-state index in [1.54, 1.807) is 31.2 Å². The Morgan fingerprint density at radius 1 is 1.14 bits per heavy atom. The zero-order valence-electron chi connectivity index (χ0n) is 12.0. The van der Waals surface area contributed by atoms with Crippen molar-refractivity contribution in [3.63, 3.8) is 0 Å². The summed E-state index contributed by atoms with van der Waals surface area (Å²) in [5.74, 6) is -1.31. The van der Waals surface area contributed by atoms with Crippen molar-refractivity contribution >= 4 is 17.8 Å². The zero-order valence-corrected chi connectivity index (χ0v) is 12.0. The van der Waals surface area contributed by atoms with Gasteiger partial charge in [-0.05, 0) is 25.5 Å². The van der Waals surface area contributed by atoms with Crippen molar-refractivity contribution in [2.75, 3.05) is 6.54 Å². The van der Waals surface area contributed by atoms with Crippen LogP contribution in [0.2, 0.25) is 0 Å². The molecule has 21 heavy (non-hydrogen) atoms. The van der Waals surface area contributed by atoms with Crippen LogP contribution in [-0.4, -0.2) is 35.5 Å². The van der Waals surface area contributed by atoms with Crippen LogP contribution < -0.4 is 10.6 Å². The predicted octanol–water partition coefficient (Wildman–Crippen LogP) is 1.18. The second-order valence-corrected chi connectivity index (χ2v) is 4.77. The molecule has 0 aliphatic carbocycles. The molecule has 1 aromatic rings. The molecule has 0 aliphatic rings. The molecule has 6 nitrogen and oxygen atoms in total. The SMILES string of the molecule is CC(CCC(=O)O)NC(=O)CCNC(=O)c1ccccc1. The first kappa shape index (κ1) is 16.7. The maximum absolute atomic E-state index is 11.7. The van der Waals surface area contributed by atoms with Gasteiger partial charge in [-0.15, -0.1) is 0 Å². The monoisotopic (exact) mass is 292 g/mol. The number of hydrogen-bond donors (Lipinski definition) is 3. The number of hydrogen-bond acceptors (Lipinski definition) is 3. The van der Waals surface area contributed by atoms with Crippen LogP contribution in [0.5, 0.6) is 0 Å². The number of nitrogens with one attached hydrogen (secondary N) is 2. The van der Waals surface area contributed by atoms with E-state index in [0.29, 0.717) is 12.0 Å². The molecule has 0 heterocycles. The molecule has 114 valence electrons. The second kappa shape index (κ2) is 8.73. The Morgan fingerprint density at radius 3 is 2.43 bits per heavy atom. The highest BCUT2D eigenvalue weighted by Crippen LogP contribution is 1.98. The van der Waals surface area contributed by atoms with Crippen LogP contribution >= 0.6 is 0 Å². The van der Waals surface area contributed by atoms with E-state index in [0.717, 1.165) is 0 Å². The Kier molecular flexibility index (Phi) is 6.94. The maximum atomic E-state index is 11.7. The van der Waals surface area contributed by atoms with Gasteiger partial charge >= 0.3 is 5.97 Å². The van der Waals surface area contributed by atoms with E-state index in [2.05, 4.69) is 10.6 Å². The summed E-state index contributed by atoms with van der Waals surface area (Å²) in [6.45, 7) is 1.99. The van der Waals surface area contributed by atoms with E-state index in [9.17, 15) is 14.4 Å². The summed E-state index contributed by atoms with van der Waals surface area (Å²) in [5, 5.41) is 13.9. The molecule has 1 atom stereocenters. The molecule has 6 heteroatoms. The Balaban J connectivity index is 2.21. The summed E-state index contributed by atoms with van der Waals surface area (Å²) >= 11 is 0. The van der Waals surface area contributed by atoms with Gasteiger partial charge in [0.25, 0.3) is 5.91 Å². The van der Waals surface area contributed by atoms with Gasteiger partial charge in [0.2, 0.25) is 5.91 Å². The van der Waals surface area contributed by atoms with Gasteiger partial charge in [-0.1, -0.05) is 18.2 Å². The van der Waals surface area contributed by atoms with Crippen LogP contribution in [-0.2, 0) is 9.59 Å². The number of carbonyl (C=O) groups is 3. The lowest BCUT2D eigenvalue weighted by atomic mass is 10.2. The van der Waals surface area contributed by atoms with E-state index in [-0.39, 0.29) is 37.2 Å². The Bertz CT molecular complexity index is 488. The largest absolute Gasteiger partial charge is 0.481 e. The van der Waals surface area contributed by atoms with Crippen LogP contribution in [0.25, 0.3) is 0 Å². The fourth-order valence-electron chi connectivity index (χ4n) is 1.74. The lowest BCUT2D eigenvalue weighted by molar-refractivity contribution is -0.137. The predicted molar refractivity (Wildman–Crippen MR) is 77.9 cm³/mol. The second-order valence-electron chi connectivity index (χ2n) is 4.77. The summed E-state index contributed by atoms with van der Waals surface area (Å²) < 4.78 is 0. The smallest absolute Gasteiger partial charge is 0.303 e. The Morgan fingerprint density at radius 2 is 1.81 bits per heavy atom. The first-order valence-corrected chi connectivity index (χ1v) is 6.83. The van der Waals surface area contributed by atoms with Gasteiger partial charge < -0.3 is 15.7 Å². The van der Waals surface area contributed by atoms with Gasteiger partial charge in [0, 0.05) is 31.0 Å². The van der Waals surface area contributed by atoms with Gasteiger partial charge in [-0.3, -0.25) is 14.4 Å². The average Bonchev–Trinajstić information content (AvgIpc) is 2.46. The van der Waals surface area contributed by atoms with Crippen LogP contribution in [0.15, 0.2) is 30.3 Å². The van der Waals surface area contributed by atoms with E-state index in [1.807, 2.05) is 6.07 Å². The van der Waals surface area contributed by atoms with Crippen molar-refractivity contribution in [3.8, 4) is 0 Å². The first-order chi connectivity index (χ1) is 9.99. The fourth-order valence-corrected chi connectivity index (χ4v) is 1.74. The highest BCUT2D eigenvalue weighted by molar-refractivity contribution is 5.94. The molecule has 0 spiro atoms. The molecule has 1 aromatic carbocycles. The fraction of sp³-hybridized carbons (Fsp3) is 0.400. The van der Waals surface area contributed by atoms with Gasteiger partial charge in [-0.2, -0.15) is 0 Å². The summed E-state index contributed by atoms with van der Waals surface area (Å²) in [6.07, 6.45) is 0.569. The molecule has 0 bridgehead atoms. The number of aliphatic carboxylic acids is 1. The number of benzene rings is 1. The summed E-state index contributed by atoms with van der Waals surface area (Å²) in [6, 6.07) is 8.56. The summed E-state index contributed by atoms with van der Waals surface area (Å²) in [4.78, 5) is 33.7. The minimum atomic E-state index is -0.883. The highest BCUT2D eigenvalue weighted by atomic mass is 16.4. The van der Waals surface area contributed by atoms with Gasteiger partial charge in [0.15, 0.2) is 0 Å². The molecule has 0 fully saturated rings. The zero-order chi connectivity index (χ0) is 15.7. The van der Waals surface area contributed by atoms with Crippen LogP contribution in [0, 0.1) is 0 Å². The van der Waals surface area contributed by atoms with Crippen molar-refractivity contribution in [2.24, 2.45) is 0 Å². The number of carboxylic acids is 1. The van der Waals surface area contributed by atoms with Crippen LogP contribution in [0.4, 0.5) is 0 Å². The first-order valence-electron chi connectivity index (χ1n) is 6.83. The molecule has 1 unspecified atom stereocenters. The van der Waals surface area contributed by atoms with Crippen molar-refractivity contribution in [3.05, 3.63) is 35.9 Å². The molecule has 0 aromatic heterocycles. The van der Waals surface area contributed by atoms with E-state index < -0.39 is 5.97 Å². The summed E-state index contributed by atoms with van der Waals surface area (Å²) in [7, 11) is 0. The quantitative estimate of drug-likeness (QED) is 0.670. The number of carbonyl (C=O) groups excluding carboxylic acids is 2. The lowest BCUT2D eigenvalue weighted by Crippen LogP contribution is -2.35. The third kappa shape index (κ3) is 7.10. The third-order valence-corrected chi connectivity index (χ3v) is 2.87. The molecule has 0 aliphatic heterocycles. The van der Waals surface area contributed by atoms with Crippen molar-refractivity contribution < 1.29 is 19.5 Å². The van der Waals surface area contributed by atoms with Crippen molar-refractivity contribution in [1.82, 2.24) is 10.6 Å². The molecule has 0 saturated heterocycles. The molecule has 2 amide bonds. The van der Waals surface area contributed by atoms with Crippen molar-refractivity contribution in [1.29, 1.82) is 0 Å². The molecular formula is C15H20N2O4. The number of rotatable bonds is 8. The lowest BCUT2D eigenvalue weighted by Gasteiger charge is -2.12. The molecule has 3 N–H and O–H groups in total. The van der Waals surface area contributed by atoms with Gasteiger partial charge in [0.05, 0.1) is 0 Å². The van der Waals surface area contributed by atoms with Gasteiger partial charge in [-0.25, -0.2) is 0 Å². The van der Waals surface area contributed by atoms with E-state index in [4.69, 9.17) is 5.11 Å². The third-order valence-electron chi connectivity index (χ3n) is 2.87. The minimum Gasteiger partial charge on any atom is -0.481 e. The normalized spacial score (nSPS) is 11.5. The Labute approximate surface area is 123 Å². The molecule has 1 rings (SSSR count). The van der Waals surface area contributed by atoms with Crippen molar-refractivity contribution in [2.45, 2.75) is 32.2 Å². The van der Waals surface area contributed by atoms with E-state index >= 15 is 0 Å². The maximum Gasteiger partial charge on any atom is 0.303 e. The molecule has 0 saturated carbocycles. The summed E-state index contributed by atoms with van der Waals surface area (Å²) in [5.41, 5.74) is 0.549. The van der Waals surface area contributed by atoms with Gasteiger partial charge in [0.1, 0.15) is 0 Å². The Hall–Kier alpha value is -2.37. The van der Waals surface area contributed by atoms with Crippen LogP contribution in [0.3, 0.4) is 0 Å². The molecule has 0 radical (unpaired) electrons. The number of amides is 2. The standard InChI is InChI=1S/C15H20N2O4/c1-11(7-8-14(19)20)17-13(18)9-10-16-15(21)12-5-3-2-4-6-12/h2-6,11H,7-10H2,1H3,(H,16,21)(H,17,18)(H,19,20). The number of carboxylic acid groups (broad SMARTS) is 1. The average molecular weight is 292 g/mol. The topological polar surface area (TPSA) is 95.5 Å². The molecular weight excluding hydrogens is 272 g/mol. The minimum absolute atomic E-state index is 0.0200. The van der Waals surface area contributed by atoms with E-state index in [1.165, 1.54) is 0 Å².